The molecule has 0 radical (unpaired) electrons. The van der Waals surface area contributed by atoms with Crippen LogP contribution in [0.5, 0.6) is 5.75 Å². The summed E-state index contributed by atoms with van der Waals surface area (Å²) in [6, 6.07) is 12.2. The number of hydrogen-bond donors (Lipinski definition) is 0. The molecule has 0 aromatic heterocycles. The molecule has 2 aromatic carbocycles. The van der Waals surface area contributed by atoms with Gasteiger partial charge in [0.15, 0.2) is 0 Å². The Balaban J connectivity index is 2.46. The SMILES string of the molecule is CCOc1ccc(C)cc1C(Br)c1ccc(Cl)cc1C. The van der Waals surface area contributed by atoms with E-state index in [1.54, 1.807) is 0 Å². The van der Waals surface area contributed by atoms with Crippen LogP contribution < -0.4 is 4.74 Å². The van der Waals surface area contributed by atoms with Crippen molar-refractivity contribution >= 4 is 27.5 Å². The molecule has 0 saturated carbocycles. The lowest BCUT2D eigenvalue weighted by molar-refractivity contribution is 0.337. The molecular weight excluding hydrogens is 336 g/mol. The van der Waals surface area contributed by atoms with Gasteiger partial charge in [0.05, 0.1) is 11.4 Å². The highest BCUT2D eigenvalue weighted by molar-refractivity contribution is 9.09. The van der Waals surface area contributed by atoms with Gasteiger partial charge in [-0.1, -0.05) is 51.3 Å². The van der Waals surface area contributed by atoms with E-state index in [0.29, 0.717) is 6.61 Å². The van der Waals surface area contributed by atoms with E-state index in [-0.39, 0.29) is 4.83 Å². The largest absolute Gasteiger partial charge is 0.494 e. The van der Waals surface area contributed by atoms with Gasteiger partial charge in [-0.05, 0) is 50.1 Å². The smallest absolute Gasteiger partial charge is 0.123 e. The second-order valence-electron chi connectivity index (χ2n) is 4.84. The monoisotopic (exact) mass is 352 g/mol. The fourth-order valence-corrected chi connectivity index (χ4v) is 3.34. The second-order valence-corrected chi connectivity index (χ2v) is 6.19. The van der Waals surface area contributed by atoms with Crippen LogP contribution in [0.3, 0.4) is 0 Å². The highest BCUT2D eigenvalue weighted by atomic mass is 79.9. The first kappa shape index (κ1) is 15.4. The van der Waals surface area contributed by atoms with Crippen molar-refractivity contribution in [1.82, 2.24) is 0 Å². The molecule has 1 nitrogen and oxygen atoms in total. The van der Waals surface area contributed by atoms with E-state index in [4.69, 9.17) is 16.3 Å². The van der Waals surface area contributed by atoms with E-state index in [9.17, 15) is 0 Å². The Morgan fingerprint density at radius 1 is 1.10 bits per heavy atom. The molecule has 0 fully saturated rings. The molecule has 0 aliphatic rings. The molecule has 0 aliphatic heterocycles. The summed E-state index contributed by atoms with van der Waals surface area (Å²) in [6.45, 7) is 6.83. The maximum absolute atomic E-state index is 6.03. The van der Waals surface area contributed by atoms with Crippen LogP contribution in [0.1, 0.15) is 34.0 Å². The number of alkyl halides is 1. The summed E-state index contributed by atoms with van der Waals surface area (Å²) in [5, 5.41) is 0.764. The maximum atomic E-state index is 6.03. The summed E-state index contributed by atoms with van der Waals surface area (Å²) < 4.78 is 5.74. The van der Waals surface area contributed by atoms with Crippen molar-refractivity contribution in [2.24, 2.45) is 0 Å². The van der Waals surface area contributed by atoms with Gasteiger partial charge in [-0.25, -0.2) is 0 Å². The van der Waals surface area contributed by atoms with Crippen LogP contribution in [0, 0.1) is 13.8 Å². The zero-order chi connectivity index (χ0) is 14.7. The van der Waals surface area contributed by atoms with E-state index < -0.39 is 0 Å². The van der Waals surface area contributed by atoms with Crippen molar-refractivity contribution in [3.63, 3.8) is 0 Å². The van der Waals surface area contributed by atoms with E-state index >= 15 is 0 Å². The van der Waals surface area contributed by atoms with Gasteiger partial charge in [0.2, 0.25) is 0 Å². The number of ether oxygens (including phenoxy) is 1. The molecule has 0 spiro atoms. The molecule has 2 aromatic rings. The van der Waals surface area contributed by atoms with Gasteiger partial charge in [0, 0.05) is 10.6 Å². The fourth-order valence-electron chi connectivity index (χ4n) is 2.24. The lowest BCUT2D eigenvalue weighted by Gasteiger charge is -2.18. The van der Waals surface area contributed by atoms with Crippen molar-refractivity contribution in [3.8, 4) is 5.75 Å². The molecule has 0 N–H and O–H groups in total. The third kappa shape index (κ3) is 3.36. The second kappa shape index (κ2) is 6.64. The van der Waals surface area contributed by atoms with Gasteiger partial charge in [-0.3, -0.25) is 0 Å². The summed E-state index contributed by atoms with van der Waals surface area (Å²) >= 11 is 9.84. The van der Waals surface area contributed by atoms with Crippen molar-refractivity contribution in [2.45, 2.75) is 25.6 Å². The third-order valence-corrected chi connectivity index (χ3v) is 4.46. The molecule has 106 valence electrons. The number of halogens is 2. The Bertz CT molecular complexity index is 610. The van der Waals surface area contributed by atoms with Crippen LogP contribution in [0.2, 0.25) is 5.02 Å². The summed E-state index contributed by atoms with van der Waals surface area (Å²) in [5.41, 5.74) is 4.75. The zero-order valence-corrected chi connectivity index (χ0v) is 14.3. The van der Waals surface area contributed by atoms with E-state index in [0.717, 1.165) is 16.3 Å². The van der Waals surface area contributed by atoms with Crippen LogP contribution in [-0.2, 0) is 0 Å². The van der Waals surface area contributed by atoms with Crippen molar-refractivity contribution < 1.29 is 4.74 Å². The Hall–Kier alpha value is -0.990. The van der Waals surface area contributed by atoms with Crippen molar-refractivity contribution in [1.29, 1.82) is 0 Å². The zero-order valence-electron chi connectivity index (χ0n) is 11.9. The predicted octanol–water partition coefficient (Wildman–Crippen LogP) is 5.84. The van der Waals surface area contributed by atoms with Gasteiger partial charge in [0.25, 0.3) is 0 Å². The molecule has 0 amide bonds. The molecule has 0 saturated heterocycles. The molecule has 0 heterocycles. The van der Waals surface area contributed by atoms with Crippen LogP contribution in [-0.4, -0.2) is 6.61 Å². The summed E-state index contributed by atoms with van der Waals surface area (Å²) in [5.74, 6) is 0.925. The molecule has 0 bridgehead atoms. The first-order valence-corrected chi connectivity index (χ1v) is 7.95. The summed E-state index contributed by atoms with van der Waals surface area (Å²) in [7, 11) is 0. The molecule has 1 unspecified atom stereocenters. The van der Waals surface area contributed by atoms with Crippen LogP contribution in [0.25, 0.3) is 0 Å². The van der Waals surface area contributed by atoms with Crippen LogP contribution >= 0.6 is 27.5 Å². The fraction of sp³-hybridized carbons (Fsp3) is 0.294. The van der Waals surface area contributed by atoms with Crippen molar-refractivity contribution in [2.75, 3.05) is 6.61 Å². The predicted molar refractivity (Wildman–Crippen MR) is 89.3 cm³/mol. The average Bonchev–Trinajstić information content (AvgIpc) is 2.40. The highest BCUT2D eigenvalue weighted by Crippen LogP contribution is 2.39. The molecular formula is C17H18BrClO. The quantitative estimate of drug-likeness (QED) is 0.627. The third-order valence-electron chi connectivity index (χ3n) is 3.24. The number of aryl methyl sites for hydroxylation is 2. The van der Waals surface area contributed by atoms with Gasteiger partial charge in [-0.15, -0.1) is 0 Å². The first-order chi connectivity index (χ1) is 9.52. The molecule has 3 heteroatoms. The van der Waals surface area contributed by atoms with Crippen LogP contribution in [0.4, 0.5) is 0 Å². The normalized spacial score (nSPS) is 12.2. The molecule has 0 aliphatic carbocycles. The summed E-state index contributed by atoms with van der Waals surface area (Å²) in [4.78, 5) is 0.0983. The minimum absolute atomic E-state index is 0.0983. The van der Waals surface area contributed by atoms with Crippen molar-refractivity contribution in [3.05, 3.63) is 63.7 Å². The van der Waals surface area contributed by atoms with E-state index in [1.165, 1.54) is 16.7 Å². The Labute approximate surface area is 134 Å². The Morgan fingerprint density at radius 3 is 2.50 bits per heavy atom. The van der Waals surface area contributed by atoms with Gasteiger partial charge >= 0.3 is 0 Å². The minimum atomic E-state index is 0.0983. The highest BCUT2D eigenvalue weighted by Gasteiger charge is 2.17. The van der Waals surface area contributed by atoms with Gasteiger partial charge in [-0.2, -0.15) is 0 Å². The van der Waals surface area contributed by atoms with E-state index in [1.807, 2.05) is 25.1 Å². The lowest BCUT2D eigenvalue weighted by atomic mass is 9.98. The average molecular weight is 354 g/mol. The Morgan fingerprint density at radius 2 is 1.85 bits per heavy atom. The number of hydrogen-bond acceptors (Lipinski definition) is 1. The summed E-state index contributed by atoms with van der Waals surface area (Å²) in [6.07, 6.45) is 0. The molecule has 1 atom stereocenters. The van der Waals surface area contributed by atoms with E-state index in [2.05, 4.69) is 48.0 Å². The maximum Gasteiger partial charge on any atom is 0.123 e. The lowest BCUT2D eigenvalue weighted by Crippen LogP contribution is -2.02. The molecule has 20 heavy (non-hydrogen) atoms. The topological polar surface area (TPSA) is 9.23 Å². The van der Waals surface area contributed by atoms with Crippen LogP contribution in [0.15, 0.2) is 36.4 Å². The number of rotatable bonds is 4. The standard InChI is InChI=1S/C17H18BrClO/c1-4-20-16-8-5-11(2)9-15(16)17(18)14-7-6-13(19)10-12(14)3/h5-10,17H,4H2,1-3H3. The minimum Gasteiger partial charge on any atom is -0.494 e. The first-order valence-electron chi connectivity index (χ1n) is 6.66. The number of benzene rings is 2. The Kier molecular flexibility index (Phi) is 5.11. The van der Waals surface area contributed by atoms with Gasteiger partial charge < -0.3 is 4.74 Å². The molecule has 2 rings (SSSR count). The van der Waals surface area contributed by atoms with Gasteiger partial charge in [0.1, 0.15) is 5.75 Å².